The molecule has 0 saturated carbocycles. The fraction of sp³-hybridized carbons (Fsp3) is 0.478. The summed E-state index contributed by atoms with van der Waals surface area (Å²) in [4.78, 5) is 20.8. The van der Waals surface area contributed by atoms with Gasteiger partial charge in [-0.1, -0.05) is 6.07 Å². The number of aliphatic hydroxyl groups excluding tert-OH is 2. The van der Waals surface area contributed by atoms with Crippen LogP contribution in [0.5, 0.6) is 0 Å². The third-order valence-corrected chi connectivity index (χ3v) is 6.04. The van der Waals surface area contributed by atoms with Gasteiger partial charge in [0.15, 0.2) is 0 Å². The van der Waals surface area contributed by atoms with Crippen molar-refractivity contribution in [2.75, 3.05) is 37.6 Å². The molecule has 0 aliphatic carbocycles. The molecule has 8 nitrogen and oxygen atoms in total. The van der Waals surface area contributed by atoms with Gasteiger partial charge in [0, 0.05) is 51.2 Å². The van der Waals surface area contributed by atoms with Crippen LogP contribution in [0.4, 0.5) is 10.1 Å². The van der Waals surface area contributed by atoms with Gasteiger partial charge in [0.2, 0.25) is 5.91 Å². The molecule has 172 valence electrons. The summed E-state index contributed by atoms with van der Waals surface area (Å²) in [6, 6.07) is 12.0. The number of piperazine rings is 1. The molecular formula is C23H29FN4O4. The molecule has 9 heteroatoms. The average Bonchev–Trinajstić information content (AvgIpc) is 3.08. The number of ether oxygens (including phenoxy) is 1. The van der Waals surface area contributed by atoms with Crippen LogP contribution in [0.2, 0.25) is 0 Å². The maximum atomic E-state index is 13.1. The summed E-state index contributed by atoms with van der Waals surface area (Å²) in [6.45, 7) is 3.23. The molecule has 2 aromatic rings. The second kappa shape index (κ2) is 10.4. The van der Waals surface area contributed by atoms with Gasteiger partial charge in [0.05, 0.1) is 24.3 Å². The fourth-order valence-corrected chi connectivity index (χ4v) is 4.18. The molecule has 0 bridgehead atoms. The number of amides is 1. The number of anilines is 1. The second-order valence-corrected chi connectivity index (χ2v) is 8.19. The second-order valence-electron chi connectivity index (χ2n) is 8.19. The van der Waals surface area contributed by atoms with Crippen molar-refractivity contribution in [2.24, 2.45) is 0 Å². The van der Waals surface area contributed by atoms with Crippen molar-refractivity contribution in [3.8, 4) is 0 Å². The first-order valence-corrected chi connectivity index (χ1v) is 10.9. The lowest BCUT2D eigenvalue weighted by atomic mass is 10.0. The van der Waals surface area contributed by atoms with E-state index < -0.39 is 24.4 Å². The Balaban J connectivity index is 1.23. The standard InChI is InChI=1S/C23H29FN4O4/c24-16-4-6-18(7-5-16)27-9-11-28(12-10-27)21(29)13-19-22(30)23(31)20(32-19)15-25-14-17-3-1-2-8-26-17/h1-8,19-20,22-23,25,30-31H,9-15H2. The molecule has 1 aromatic heterocycles. The van der Waals surface area contributed by atoms with Gasteiger partial charge in [-0.15, -0.1) is 0 Å². The third-order valence-electron chi connectivity index (χ3n) is 6.04. The molecule has 4 rings (SSSR count). The number of nitrogens with one attached hydrogen (secondary N) is 1. The van der Waals surface area contributed by atoms with Crippen LogP contribution in [0.25, 0.3) is 0 Å². The van der Waals surface area contributed by atoms with Crippen molar-refractivity contribution in [1.29, 1.82) is 0 Å². The quantitative estimate of drug-likeness (QED) is 0.573. The van der Waals surface area contributed by atoms with Crippen LogP contribution < -0.4 is 10.2 Å². The van der Waals surface area contributed by atoms with E-state index >= 15 is 0 Å². The number of benzene rings is 1. The number of hydrogen-bond acceptors (Lipinski definition) is 7. The molecule has 4 atom stereocenters. The minimum atomic E-state index is -1.11. The lowest BCUT2D eigenvalue weighted by molar-refractivity contribution is -0.135. The van der Waals surface area contributed by atoms with Gasteiger partial charge in [-0.25, -0.2) is 4.39 Å². The number of nitrogens with zero attached hydrogens (tertiary/aromatic N) is 3. The summed E-state index contributed by atoms with van der Waals surface area (Å²) in [5.41, 5.74) is 1.80. The van der Waals surface area contributed by atoms with E-state index in [1.165, 1.54) is 12.1 Å². The van der Waals surface area contributed by atoms with E-state index in [0.29, 0.717) is 39.3 Å². The normalized spacial score (nSPS) is 25.8. The SMILES string of the molecule is O=C(CC1OC(CNCc2ccccn2)C(O)C1O)N1CCN(c2ccc(F)cc2)CC1. The first-order chi connectivity index (χ1) is 15.5. The van der Waals surface area contributed by atoms with Crippen molar-refractivity contribution >= 4 is 11.6 Å². The van der Waals surface area contributed by atoms with E-state index in [1.807, 2.05) is 18.2 Å². The lowest BCUT2D eigenvalue weighted by Gasteiger charge is -2.36. The highest BCUT2D eigenvalue weighted by molar-refractivity contribution is 5.77. The predicted octanol–water partition coefficient (Wildman–Crippen LogP) is 0.538. The number of aromatic nitrogens is 1. The molecule has 32 heavy (non-hydrogen) atoms. The number of hydrogen-bond donors (Lipinski definition) is 3. The molecule has 0 spiro atoms. The smallest absolute Gasteiger partial charge is 0.225 e. The highest BCUT2D eigenvalue weighted by Crippen LogP contribution is 2.25. The van der Waals surface area contributed by atoms with E-state index in [-0.39, 0.29) is 18.1 Å². The van der Waals surface area contributed by atoms with Gasteiger partial charge in [0.1, 0.15) is 18.0 Å². The van der Waals surface area contributed by atoms with Crippen LogP contribution in [0.15, 0.2) is 48.7 Å². The molecular weight excluding hydrogens is 415 g/mol. The molecule has 3 N–H and O–H groups in total. The number of rotatable bonds is 7. The molecule has 4 unspecified atom stereocenters. The summed E-state index contributed by atoms with van der Waals surface area (Å²) in [5, 5.41) is 23.9. The van der Waals surface area contributed by atoms with Crippen LogP contribution in [0, 0.1) is 5.82 Å². The fourth-order valence-electron chi connectivity index (χ4n) is 4.18. The Hall–Kier alpha value is -2.59. The average molecular weight is 445 g/mol. The van der Waals surface area contributed by atoms with Crippen molar-refractivity contribution in [1.82, 2.24) is 15.2 Å². The van der Waals surface area contributed by atoms with E-state index in [4.69, 9.17) is 4.74 Å². The number of carbonyl (C=O) groups excluding carboxylic acids is 1. The summed E-state index contributed by atoms with van der Waals surface area (Å²) in [6.07, 6.45) is -1.77. The molecule has 1 amide bonds. The van der Waals surface area contributed by atoms with Crippen LogP contribution in [0.1, 0.15) is 12.1 Å². The Morgan fingerprint density at radius 3 is 2.47 bits per heavy atom. The van der Waals surface area contributed by atoms with E-state index in [9.17, 15) is 19.4 Å². The van der Waals surface area contributed by atoms with Crippen LogP contribution in [-0.2, 0) is 16.1 Å². The van der Waals surface area contributed by atoms with Gasteiger partial charge in [-0.05, 0) is 36.4 Å². The van der Waals surface area contributed by atoms with E-state index in [1.54, 1.807) is 23.2 Å². The van der Waals surface area contributed by atoms with Crippen LogP contribution in [-0.4, -0.2) is 83.1 Å². The number of aliphatic hydroxyl groups is 2. The number of halogens is 1. The Kier molecular flexibility index (Phi) is 7.31. The van der Waals surface area contributed by atoms with Crippen LogP contribution >= 0.6 is 0 Å². The molecule has 2 saturated heterocycles. The summed E-state index contributed by atoms with van der Waals surface area (Å²) in [5.74, 6) is -0.382. The van der Waals surface area contributed by atoms with Gasteiger partial charge in [-0.3, -0.25) is 9.78 Å². The predicted molar refractivity (Wildman–Crippen MR) is 116 cm³/mol. The third kappa shape index (κ3) is 5.42. The first-order valence-electron chi connectivity index (χ1n) is 10.9. The van der Waals surface area contributed by atoms with Crippen molar-refractivity contribution in [2.45, 2.75) is 37.4 Å². The molecule has 1 aromatic carbocycles. The molecule has 0 radical (unpaired) electrons. The van der Waals surface area contributed by atoms with Crippen molar-refractivity contribution in [3.05, 3.63) is 60.2 Å². The van der Waals surface area contributed by atoms with Gasteiger partial charge < -0.3 is 30.1 Å². The Bertz CT molecular complexity index is 877. The number of carbonyl (C=O) groups is 1. The van der Waals surface area contributed by atoms with Crippen molar-refractivity contribution in [3.63, 3.8) is 0 Å². The molecule has 2 aliphatic rings. The Morgan fingerprint density at radius 1 is 1.06 bits per heavy atom. The highest BCUT2D eigenvalue weighted by atomic mass is 19.1. The lowest BCUT2D eigenvalue weighted by Crippen LogP contribution is -2.49. The maximum Gasteiger partial charge on any atom is 0.225 e. The molecule has 2 aliphatic heterocycles. The topological polar surface area (TPSA) is 98.2 Å². The zero-order chi connectivity index (χ0) is 22.5. The van der Waals surface area contributed by atoms with Gasteiger partial charge in [-0.2, -0.15) is 0 Å². The summed E-state index contributed by atoms with van der Waals surface area (Å²) < 4.78 is 18.9. The molecule has 2 fully saturated rings. The largest absolute Gasteiger partial charge is 0.388 e. The summed E-state index contributed by atoms with van der Waals surface area (Å²) >= 11 is 0. The first kappa shape index (κ1) is 22.6. The van der Waals surface area contributed by atoms with E-state index in [0.717, 1.165) is 11.4 Å². The Labute approximate surface area is 186 Å². The zero-order valence-electron chi connectivity index (χ0n) is 17.8. The monoisotopic (exact) mass is 444 g/mol. The van der Waals surface area contributed by atoms with Crippen LogP contribution in [0.3, 0.4) is 0 Å². The highest BCUT2D eigenvalue weighted by Gasteiger charge is 2.43. The maximum absolute atomic E-state index is 13.1. The summed E-state index contributed by atoms with van der Waals surface area (Å²) in [7, 11) is 0. The minimum Gasteiger partial charge on any atom is -0.388 e. The minimum absolute atomic E-state index is 0.0194. The zero-order valence-corrected chi connectivity index (χ0v) is 17.8. The van der Waals surface area contributed by atoms with Crippen molar-refractivity contribution < 1.29 is 24.1 Å². The number of pyridine rings is 1. The van der Waals surface area contributed by atoms with Gasteiger partial charge in [0.25, 0.3) is 0 Å². The molecule has 3 heterocycles. The van der Waals surface area contributed by atoms with Gasteiger partial charge >= 0.3 is 0 Å². The Morgan fingerprint density at radius 2 is 1.78 bits per heavy atom. The van der Waals surface area contributed by atoms with E-state index in [2.05, 4.69) is 15.2 Å².